The molecule has 182 valence electrons. The summed E-state index contributed by atoms with van der Waals surface area (Å²) in [5.41, 5.74) is 1.03. The number of benzene rings is 1. The predicted octanol–water partition coefficient (Wildman–Crippen LogP) is 5.34. The average Bonchev–Trinajstić information content (AvgIpc) is 2.97. The van der Waals surface area contributed by atoms with Crippen molar-refractivity contribution >= 4 is 11.9 Å². The molecule has 1 fully saturated rings. The molecule has 3 rings (SSSR count). The van der Waals surface area contributed by atoms with Gasteiger partial charge >= 0.3 is 12.5 Å². The Morgan fingerprint density at radius 1 is 1.03 bits per heavy atom. The average molecular weight is 469 g/mol. The van der Waals surface area contributed by atoms with Gasteiger partial charge in [0.1, 0.15) is 11.4 Å². The van der Waals surface area contributed by atoms with E-state index >= 15 is 0 Å². The Balaban J connectivity index is 1.77. The number of rotatable bonds is 4. The highest BCUT2D eigenvalue weighted by molar-refractivity contribution is 5.68. The van der Waals surface area contributed by atoms with E-state index in [-0.39, 0.29) is 17.8 Å². The lowest BCUT2D eigenvalue weighted by atomic mass is 10.1. The molecule has 0 radical (unpaired) electrons. The summed E-state index contributed by atoms with van der Waals surface area (Å²) in [4.78, 5) is 16.3. The van der Waals surface area contributed by atoms with Gasteiger partial charge < -0.3 is 19.3 Å². The zero-order valence-corrected chi connectivity index (χ0v) is 19.6. The zero-order chi connectivity index (χ0) is 24.4. The summed E-state index contributed by atoms with van der Waals surface area (Å²) in [6.45, 7) is 12.0. The van der Waals surface area contributed by atoms with Crippen LogP contribution in [0.5, 0.6) is 5.75 Å². The van der Waals surface area contributed by atoms with Crippen LogP contribution in [0.2, 0.25) is 0 Å². The van der Waals surface area contributed by atoms with Crippen LogP contribution >= 0.6 is 0 Å². The molecule has 0 spiro atoms. The molecule has 1 aromatic heterocycles. The molecule has 0 N–H and O–H groups in total. The van der Waals surface area contributed by atoms with Crippen LogP contribution in [0.15, 0.2) is 30.3 Å². The van der Waals surface area contributed by atoms with Gasteiger partial charge in [-0.2, -0.15) is 5.10 Å². The van der Waals surface area contributed by atoms with Crippen LogP contribution in [0, 0.1) is 0 Å². The third-order valence-electron chi connectivity index (χ3n) is 5.10. The molecule has 7 nitrogen and oxygen atoms in total. The maximum atomic E-state index is 12.5. The zero-order valence-electron chi connectivity index (χ0n) is 19.6. The number of hydrogen-bond acceptors (Lipinski definition) is 5. The monoisotopic (exact) mass is 468 g/mol. The minimum atomic E-state index is -4.73. The molecule has 2 heterocycles. The molecular weight excluding hydrogens is 437 g/mol. The SMILES string of the molecule is CC(C)c1cc(N2CCCN(C(=O)OC(C)(C)C)CC2)nn1-c1ccc(OC(F)(F)F)cc1. The Labute approximate surface area is 192 Å². The van der Waals surface area contributed by atoms with Gasteiger partial charge in [0.05, 0.1) is 5.69 Å². The molecule has 1 aliphatic rings. The van der Waals surface area contributed by atoms with E-state index in [4.69, 9.17) is 9.84 Å². The molecule has 2 aromatic rings. The molecule has 33 heavy (non-hydrogen) atoms. The third kappa shape index (κ3) is 6.79. The molecule has 1 aromatic carbocycles. The first-order valence-electron chi connectivity index (χ1n) is 11.0. The quantitative estimate of drug-likeness (QED) is 0.606. The van der Waals surface area contributed by atoms with E-state index in [9.17, 15) is 18.0 Å². The highest BCUT2D eigenvalue weighted by Gasteiger charge is 2.31. The first-order valence-corrected chi connectivity index (χ1v) is 11.0. The smallest absolute Gasteiger partial charge is 0.444 e. The molecule has 1 amide bonds. The van der Waals surface area contributed by atoms with Gasteiger partial charge in [-0.15, -0.1) is 13.2 Å². The molecule has 0 aliphatic carbocycles. The van der Waals surface area contributed by atoms with Crippen molar-refractivity contribution in [2.24, 2.45) is 0 Å². The second kappa shape index (κ2) is 9.52. The number of alkyl halides is 3. The number of halogens is 3. The lowest BCUT2D eigenvalue weighted by Crippen LogP contribution is -2.39. The number of amides is 1. The second-order valence-electron chi connectivity index (χ2n) is 9.34. The Morgan fingerprint density at radius 3 is 2.27 bits per heavy atom. The van der Waals surface area contributed by atoms with Crippen LogP contribution in [0.1, 0.15) is 52.7 Å². The molecular formula is C23H31F3N4O3. The highest BCUT2D eigenvalue weighted by Crippen LogP contribution is 2.28. The van der Waals surface area contributed by atoms with Crippen LogP contribution in [0.25, 0.3) is 5.69 Å². The van der Waals surface area contributed by atoms with Crippen LogP contribution in [0.3, 0.4) is 0 Å². The molecule has 10 heteroatoms. The molecule has 1 saturated heterocycles. The normalized spacial score (nSPS) is 15.5. The van der Waals surface area contributed by atoms with E-state index in [0.29, 0.717) is 25.3 Å². The number of hydrogen-bond donors (Lipinski definition) is 0. The molecule has 0 bridgehead atoms. The van der Waals surface area contributed by atoms with Gasteiger partial charge in [-0.3, -0.25) is 0 Å². The van der Waals surface area contributed by atoms with Crippen molar-refractivity contribution in [2.45, 2.75) is 58.9 Å². The van der Waals surface area contributed by atoms with Crippen molar-refractivity contribution in [3.63, 3.8) is 0 Å². The van der Waals surface area contributed by atoms with E-state index in [0.717, 1.165) is 24.5 Å². The van der Waals surface area contributed by atoms with Crippen LogP contribution < -0.4 is 9.64 Å². The van der Waals surface area contributed by atoms with E-state index in [1.54, 1.807) is 21.7 Å². The van der Waals surface area contributed by atoms with Crippen molar-refractivity contribution in [2.75, 3.05) is 31.1 Å². The number of ether oxygens (including phenoxy) is 2. The van der Waals surface area contributed by atoms with Gasteiger partial charge in [0.2, 0.25) is 0 Å². The number of anilines is 1. The van der Waals surface area contributed by atoms with Gasteiger partial charge in [-0.05, 0) is 57.4 Å². The minimum Gasteiger partial charge on any atom is -0.444 e. The van der Waals surface area contributed by atoms with Gasteiger partial charge in [-0.1, -0.05) is 13.8 Å². The fourth-order valence-electron chi connectivity index (χ4n) is 3.60. The lowest BCUT2D eigenvalue weighted by Gasteiger charge is -2.26. The second-order valence-corrected chi connectivity index (χ2v) is 9.34. The summed E-state index contributed by atoms with van der Waals surface area (Å²) < 4.78 is 48.6. The Morgan fingerprint density at radius 2 is 1.70 bits per heavy atom. The lowest BCUT2D eigenvalue weighted by molar-refractivity contribution is -0.274. The van der Waals surface area contributed by atoms with Crippen LogP contribution in [-0.2, 0) is 4.74 Å². The third-order valence-corrected chi connectivity index (χ3v) is 5.10. The first kappa shape index (κ1) is 24.7. The Kier molecular flexibility index (Phi) is 7.14. The predicted molar refractivity (Wildman–Crippen MR) is 119 cm³/mol. The Bertz CT molecular complexity index is 949. The van der Waals surface area contributed by atoms with Crippen LogP contribution in [0.4, 0.5) is 23.8 Å². The number of carbonyl (C=O) groups is 1. The summed E-state index contributed by atoms with van der Waals surface area (Å²) in [5, 5.41) is 4.75. The van der Waals surface area contributed by atoms with Gasteiger partial charge in [0.15, 0.2) is 5.82 Å². The standard InChI is InChI=1S/C23H31F3N4O3/c1-16(2)19-15-20(27-30(19)17-7-9-18(10-8-17)32-23(24,25)26)28-11-6-12-29(14-13-28)21(31)33-22(3,4)5/h7-10,15-16H,6,11-14H2,1-5H3. The molecule has 0 unspecified atom stereocenters. The van der Waals surface area contributed by atoms with Crippen LogP contribution in [-0.4, -0.2) is 58.9 Å². The first-order chi connectivity index (χ1) is 15.3. The van der Waals surface area contributed by atoms with Gasteiger partial charge in [-0.25, -0.2) is 9.48 Å². The van der Waals surface area contributed by atoms with E-state index in [1.165, 1.54) is 12.1 Å². The number of carbonyl (C=O) groups excluding carboxylic acids is 1. The molecule has 0 atom stereocenters. The molecule has 1 aliphatic heterocycles. The van der Waals surface area contributed by atoms with Gasteiger partial charge in [0, 0.05) is 37.9 Å². The maximum Gasteiger partial charge on any atom is 0.573 e. The maximum absolute atomic E-state index is 12.5. The van der Waals surface area contributed by atoms with E-state index < -0.39 is 12.0 Å². The van der Waals surface area contributed by atoms with Gasteiger partial charge in [0.25, 0.3) is 0 Å². The van der Waals surface area contributed by atoms with Crippen molar-refractivity contribution < 1.29 is 27.4 Å². The van der Waals surface area contributed by atoms with E-state index in [1.807, 2.05) is 40.7 Å². The summed E-state index contributed by atoms with van der Waals surface area (Å²) in [7, 11) is 0. The fourth-order valence-corrected chi connectivity index (χ4v) is 3.60. The van der Waals surface area contributed by atoms with Crippen molar-refractivity contribution in [3.8, 4) is 11.4 Å². The van der Waals surface area contributed by atoms with Crippen molar-refractivity contribution in [3.05, 3.63) is 36.0 Å². The Hall–Kier alpha value is -2.91. The summed E-state index contributed by atoms with van der Waals surface area (Å²) in [6, 6.07) is 7.65. The fraction of sp³-hybridized carbons (Fsp3) is 0.565. The summed E-state index contributed by atoms with van der Waals surface area (Å²) in [6.07, 6.45) is -4.28. The minimum absolute atomic E-state index is 0.141. The number of nitrogens with zero attached hydrogens (tertiary/aromatic N) is 4. The molecule has 0 saturated carbocycles. The highest BCUT2D eigenvalue weighted by atomic mass is 19.4. The summed E-state index contributed by atoms with van der Waals surface area (Å²) >= 11 is 0. The largest absolute Gasteiger partial charge is 0.573 e. The number of aromatic nitrogens is 2. The van der Waals surface area contributed by atoms with Crippen molar-refractivity contribution in [1.29, 1.82) is 0 Å². The summed E-state index contributed by atoms with van der Waals surface area (Å²) in [5.74, 6) is 0.627. The van der Waals surface area contributed by atoms with E-state index in [2.05, 4.69) is 9.64 Å². The van der Waals surface area contributed by atoms with Crippen molar-refractivity contribution in [1.82, 2.24) is 14.7 Å². The topological polar surface area (TPSA) is 59.8 Å².